The molecular formula is C15H26N2S. The summed E-state index contributed by atoms with van der Waals surface area (Å²) in [5, 5.41) is 1.34. The van der Waals surface area contributed by atoms with Gasteiger partial charge in [-0.3, -0.25) is 0 Å². The van der Waals surface area contributed by atoms with Crippen molar-refractivity contribution in [3.8, 4) is 0 Å². The van der Waals surface area contributed by atoms with Crippen LogP contribution in [0.2, 0.25) is 0 Å². The Morgan fingerprint density at radius 2 is 2.06 bits per heavy atom. The van der Waals surface area contributed by atoms with E-state index in [-0.39, 0.29) is 5.41 Å². The van der Waals surface area contributed by atoms with Crippen molar-refractivity contribution in [2.75, 3.05) is 0 Å². The third-order valence-corrected chi connectivity index (χ3v) is 5.32. The van der Waals surface area contributed by atoms with Gasteiger partial charge < -0.3 is 5.73 Å². The van der Waals surface area contributed by atoms with Crippen LogP contribution in [-0.4, -0.2) is 4.98 Å². The fourth-order valence-corrected chi connectivity index (χ4v) is 4.24. The van der Waals surface area contributed by atoms with Crippen LogP contribution in [0.3, 0.4) is 0 Å². The van der Waals surface area contributed by atoms with Gasteiger partial charge in [-0.15, -0.1) is 11.3 Å². The van der Waals surface area contributed by atoms with Crippen molar-refractivity contribution in [1.82, 2.24) is 4.98 Å². The molecule has 3 heteroatoms. The highest BCUT2D eigenvalue weighted by Crippen LogP contribution is 2.42. The number of hydrogen-bond acceptors (Lipinski definition) is 3. The molecule has 0 saturated heterocycles. The Hall–Kier alpha value is -0.410. The Labute approximate surface area is 115 Å². The second-order valence-electron chi connectivity index (χ2n) is 6.56. The molecule has 2 unspecified atom stereocenters. The summed E-state index contributed by atoms with van der Waals surface area (Å²) in [4.78, 5) is 6.23. The smallest absolute Gasteiger partial charge is 0.0962 e. The third-order valence-electron chi connectivity index (χ3n) is 4.08. The minimum absolute atomic E-state index is 0.117. The van der Waals surface area contributed by atoms with Crippen molar-refractivity contribution in [1.29, 1.82) is 0 Å². The first-order chi connectivity index (χ1) is 8.45. The quantitative estimate of drug-likeness (QED) is 0.890. The molecule has 0 aromatic carbocycles. The molecule has 0 spiro atoms. The SMILES string of the molecule is CCC1CCC(c2nc(C(C)(C)C)c(CN)s2)C1. The van der Waals surface area contributed by atoms with Crippen molar-refractivity contribution in [2.24, 2.45) is 11.7 Å². The van der Waals surface area contributed by atoms with Crippen LogP contribution in [0, 0.1) is 5.92 Å². The van der Waals surface area contributed by atoms with Crippen molar-refractivity contribution in [2.45, 2.75) is 71.3 Å². The highest BCUT2D eigenvalue weighted by Gasteiger charge is 2.30. The molecule has 102 valence electrons. The summed E-state index contributed by atoms with van der Waals surface area (Å²) in [5.41, 5.74) is 7.23. The zero-order valence-electron chi connectivity index (χ0n) is 12.1. The molecule has 1 aromatic rings. The van der Waals surface area contributed by atoms with Crippen LogP contribution in [0.5, 0.6) is 0 Å². The predicted molar refractivity (Wildman–Crippen MR) is 79.1 cm³/mol. The zero-order chi connectivity index (χ0) is 13.3. The molecule has 1 fully saturated rings. The lowest BCUT2D eigenvalue weighted by Crippen LogP contribution is -2.15. The van der Waals surface area contributed by atoms with Gasteiger partial charge in [0.25, 0.3) is 0 Å². The molecule has 2 atom stereocenters. The predicted octanol–water partition coefficient (Wildman–Crippen LogP) is 4.19. The molecule has 2 N–H and O–H groups in total. The van der Waals surface area contributed by atoms with Gasteiger partial charge in [0.1, 0.15) is 0 Å². The lowest BCUT2D eigenvalue weighted by atomic mass is 9.91. The van der Waals surface area contributed by atoms with E-state index in [0.29, 0.717) is 12.5 Å². The van der Waals surface area contributed by atoms with Gasteiger partial charge in [0.15, 0.2) is 0 Å². The molecule has 0 radical (unpaired) electrons. The van der Waals surface area contributed by atoms with Gasteiger partial charge in [0.05, 0.1) is 10.7 Å². The van der Waals surface area contributed by atoms with E-state index in [1.165, 1.54) is 41.3 Å². The Kier molecular flexibility index (Phi) is 4.12. The van der Waals surface area contributed by atoms with Crippen LogP contribution in [0.1, 0.15) is 74.9 Å². The third kappa shape index (κ3) is 2.77. The Morgan fingerprint density at radius 3 is 2.50 bits per heavy atom. The molecular weight excluding hydrogens is 240 g/mol. The summed E-state index contributed by atoms with van der Waals surface area (Å²) in [7, 11) is 0. The van der Waals surface area contributed by atoms with Crippen molar-refractivity contribution in [3.05, 3.63) is 15.6 Å². The van der Waals surface area contributed by atoms with E-state index in [9.17, 15) is 0 Å². The fraction of sp³-hybridized carbons (Fsp3) is 0.800. The molecule has 1 saturated carbocycles. The van der Waals surface area contributed by atoms with Crippen molar-refractivity contribution in [3.63, 3.8) is 0 Å². The molecule has 2 nitrogen and oxygen atoms in total. The number of rotatable bonds is 3. The summed E-state index contributed by atoms with van der Waals surface area (Å²) in [6, 6.07) is 0. The molecule has 1 aliphatic carbocycles. The number of nitrogens with two attached hydrogens (primary N) is 1. The second kappa shape index (κ2) is 5.30. The minimum Gasteiger partial charge on any atom is -0.326 e. The Bertz CT molecular complexity index is 403. The monoisotopic (exact) mass is 266 g/mol. The van der Waals surface area contributed by atoms with Crippen molar-refractivity contribution < 1.29 is 0 Å². The second-order valence-corrected chi connectivity index (χ2v) is 7.68. The Morgan fingerprint density at radius 1 is 1.33 bits per heavy atom. The first kappa shape index (κ1) is 14.0. The largest absolute Gasteiger partial charge is 0.326 e. The summed E-state index contributed by atoms with van der Waals surface area (Å²) >= 11 is 1.86. The molecule has 0 bridgehead atoms. The van der Waals surface area contributed by atoms with E-state index in [1.807, 2.05) is 11.3 Å². The fourth-order valence-electron chi connectivity index (χ4n) is 2.94. The topological polar surface area (TPSA) is 38.9 Å². The van der Waals surface area contributed by atoms with E-state index >= 15 is 0 Å². The molecule has 18 heavy (non-hydrogen) atoms. The number of hydrogen-bond donors (Lipinski definition) is 1. The molecule has 1 aliphatic rings. The minimum atomic E-state index is 0.117. The lowest BCUT2D eigenvalue weighted by Gasteiger charge is -2.17. The van der Waals surface area contributed by atoms with Crippen LogP contribution in [0.4, 0.5) is 0 Å². The molecule has 0 aliphatic heterocycles. The molecule has 1 aromatic heterocycles. The van der Waals surface area contributed by atoms with Crippen LogP contribution in [0.25, 0.3) is 0 Å². The van der Waals surface area contributed by atoms with Gasteiger partial charge in [0.2, 0.25) is 0 Å². The first-order valence-electron chi connectivity index (χ1n) is 7.15. The maximum Gasteiger partial charge on any atom is 0.0962 e. The van der Waals surface area contributed by atoms with Gasteiger partial charge in [-0.05, 0) is 25.2 Å². The summed E-state index contributed by atoms with van der Waals surface area (Å²) < 4.78 is 0. The molecule has 0 amide bonds. The highest BCUT2D eigenvalue weighted by atomic mass is 32.1. The lowest BCUT2D eigenvalue weighted by molar-refractivity contribution is 0.519. The van der Waals surface area contributed by atoms with E-state index < -0.39 is 0 Å². The van der Waals surface area contributed by atoms with Crippen molar-refractivity contribution >= 4 is 11.3 Å². The Balaban J connectivity index is 2.23. The average Bonchev–Trinajstić information content (AvgIpc) is 2.94. The molecule has 1 heterocycles. The van der Waals surface area contributed by atoms with E-state index in [1.54, 1.807) is 0 Å². The van der Waals surface area contributed by atoms with Crippen LogP contribution in [-0.2, 0) is 12.0 Å². The van der Waals surface area contributed by atoms with Gasteiger partial charge in [-0.25, -0.2) is 4.98 Å². The van der Waals surface area contributed by atoms with Gasteiger partial charge in [0, 0.05) is 22.8 Å². The summed E-state index contributed by atoms with van der Waals surface area (Å²) in [6.07, 6.45) is 5.35. The maximum atomic E-state index is 5.88. The summed E-state index contributed by atoms with van der Waals surface area (Å²) in [5.74, 6) is 1.61. The van der Waals surface area contributed by atoms with Gasteiger partial charge in [-0.2, -0.15) is 0 Å². The normalized spacial score (nSPS) is 24.7. The molecule has 2 rings (SSSR count). The number of thiazole rings is 1. The standard InChI is InChI=1S/C15H26N2S/c1-5-10-6-7-11(8-10)14-17-13(15(2,3)4)12(9-16)18-14/h10-11H,5-9,16H2,1-4H3. The zero-order valence-corrected chi connectivity index (χ0v) is 12.9. The van der Waals surface area contributed by atoms with E-state index in [0.717, 1.165) is 5.92 Å². The van der Waals surface area contributed by atoms with Crippen LogP contribution >= 0.6 is 11.3 Å². The van der Waals surface area contributed by atoms with Crippen LogP contribution < -0.4 is 5.73 Å². The van der Waals surface area contributed by atoms with Gasteiger partial charge in [-0.1, -0.05) is 34.1 Å². The first-order valence-corrected chi connectivity index (χ1v) is 7.97. The van der Waals surface area contributed by atoms with E-state index in [4.69, 9.17) is 10.7 Å². The number of aromatic nitrogens is 1. The highest BCUT2D eigenvalue weighted by molar-refractivity contribution is 7.11. The summed E-state index contributed by atoms with van der Waals surface area (Å²) in [6.45, 7) is 9.63. The van der Waals surface area contributed by atoms with E-state index in [2.05, 4.69) is 27.7 Å². The average molecular weight is 266 g/mol. The maximum absolute atomic E-state index is 5.88. The number of nitrogens with zero attached hydrogens (tertiary/aromatic N) is 1. The van der Waals surface area contributed by atoms with Gasteiger partial charge >= 0.3 is 0 Å². The van der Waals surface area contributed by atoms with Crippen LogP contribution in [0.15, 0.2) is 0 Å².